The van der Waals surface area contributed by atoms with Crippen LogP contribution in [0.1, 0.15) is 22.9 Å². The zero-order valence-electron chi connectivity index (χ0n) is 29.6. The van der Waals surface area contributed by atoms with Crippen molar-refractivity contribution in [2.75, 3.05) is 4.90 Å². The van der Waals surface area contributed by atoms with Crippen molar-refractivity contribution in [3.8, 4) is 56.5 Å². The average molecular weight is 706 g/mol. The molecule has 1 aromatic heterocycles. The largest absolute Gasteiger partial charge is 0.453 e. The second kappa shape index (κ2) is 11.6. The number of hydrogen-bond donors (Lipinski definition) is 0. The quantitative estimate of drug-likeness (QED) is 0.171. The normalized spacial score (nSPS) is 14.5. The van der Waals surface area contributed by atoms with E-state index in [0.717, 1.165) is 91.0 Å². The van der Waals surface area contributed by atoms with Crippen LogP contribution < -0.4 is 14.4 Å². The molecule has 1 atom stereocenters. The standard InChI is InChI=1S/C50H31N3O2/c1-2-13-31(14-3-1)47-38-25-22-30-12-4-7-17-36(30)48(38)52-50(51-47)40-27-33-15-5-6-16-35(33)39-26-32(23-24-37(39)40)34-28-45-49-46(29-34)55-44-21-11-9-19-42(44)53(49)41-18-8-10-20-43(41)54-45/h1-26,28-29,40H,27H2. The molecule has 3 heterocycles. The minimum Gasteiger partial charge on any atom is -0.453 e. The number of anilines is 3. The second-order valence-electron chi connectivity index (χ2n) is 14.5. The molecule has 12 rings (SSSR count). The summed E-state index contributed by atoms with van der Waals surface area (Å²) in [6.45, 7) is 0. The lowest BCUT2D eigenvalue weighted by atomic mass is 9.77. The molecule has 0 saturated heterocycles. The van der Waals surface area contributed by atoms with Crippen LogP contribution in [0.2, 0.25) is 0 Å². The predicted octanol–water partition coefficient (Wildman–Crippen LogP) is 13.2. The van der Waals surface area contributed by atoms with Gasteiger partial charge < -0.3 is 9.47 Å². The van der Waals surface area contributed by atoms with Crippen LogP contribution in [0.25, 0.3) is 55.2 Å². The van der Waals surface area contributed by atoms with Crippen molar-refractivity contribution in [3.05, 3.63) is 187 Å². The molecule has 258 valence electrons. The molecule has 0 radical (unpaired) electrons. The van der Waals surface area contributed by atoms with E-state index in [9.17, 15) is 0 Å². The van der Waals surface area contributed by atoms with Crippen LogP contribution in [0.5, 0.6) is 23.0 Å². The number of hydrogen-bond acceptors (Lipinski definition) is 5. The summed E-state index contributed by atoms with van der Waals surface area (Å²) in [6.07, 6.45) is 0.812. The highest BCUT2D eigenvalue weighted by atomic mass is 16.5. The molecule has 5 nitrogen and oxygen atoms in total. The third-order valence-electron chi connectivity index (χ3n) is 11.4. The first-order valence-electron chi connectivity index (χ1n) is 18.7. The van der Waals surface area contributed by atoms with Gasteiger partial charge in [0.05, 0.1) is 22.6 Å². The molecule has 0 N–H and O–H groups in total. The summed E-state index contributed by atoms with van der Waals surface area (Å²) in [6, 6.07) is 59.7. The molecule has 0 bridgehead atoms. The Bertz CT molecular complexity index is 2980. The van der Waals surface area contributed by atoms with Gasteiger partial charge in [-0.25, -0.2) is 9.97 Å². The van der Waals surface area contributed by atoms with E-state index in [1.165, 1.54) is 27.6 Å². The van der Waals surface area contributed by atoms with Gasteiger partial charge in [0, 0.05) is 22.3 Å². The Kier molecular flexibility index (Phi) is 6.39. The zero-order chi connectivity index (χ0) is 36.0. The van der Waals surface area contributed by atoms with Crippen LogP contribution >= 0.6 is 0 Å². The molecule has 8 aromatic carbocycles. The van der Waals surface area contributed by atoms with E-state index in [4.69, 9.17) is 19.4 Å². The number of nitrogens with zero attached hydrogens (tertiary/aromatic N) is 3. The molecule has 0 spiro atoms. The fraction of sp³-hybridized carbons (Fsp3) is 0.0400. The highest BCUT2D eigenvalue weighted by Gasteiger charge is 2.35. The molecule has 55 heavy (non-hydrogen) atoms. The van der Waals surface area contributed by atoms with Crippen molar-refractivity contribution >= 4 is 38.7 Å². The van der Waals surface area contributed by atoms with E-state index in [1.807, 2.05) is 36.4 Å². The van der Waals surface area contributed by atoms with Gasteiger partial charge in [-0.05, 0) is 93.7 Å². The summed E-state index contributed by atoms with van der Waals surface area (Å²) in [7, 11) is 0. The van der Waals surface area contributed by atoms with Crippen molar-refractivity contribution in [1.29, 1.82) is 0 Å². The molecule has 0 fully saturated rings. The lowest BCUT2D eigenvalue weighted by molar-refractivity contribution is 0.446. The smallest absolute Gasteiger partial charge is 0.156 e. The van der Waals surface area contributed by atoms with Crippen molar-refractivity contribution < 1.29 is 9.47 Å². The van der Waals surface area contributed by atoms with Gasteiger partial charge in [-0.2, -0.15) is 0 Å². The summed E-state index contributed by atoms with van der Waals surface area (Å²) < 4.78 is 13.2. The van der Waals surface area contributed by atoms with Crippen LogP contribution in [0, 0.1) is 0 Å². The molecule has 0 saturated carbocycles. The Morgan fingerprint density at radius 3 is 1.98 bits per heavy atom. The molecule has 1 unspecified atom stereocenters. The van der Waals surface area contributed by atoms with Gasteiger partial charge in [0.15, 0.2) is 23.0 Å². The van der Waals surface area contributed by atoms with Crippen molar-refractivity contribution in [2.24, 2.45) is 0 Å². The van der Waals surface area contributed by atoms with Crippen molar-refractivity contribution in [3.63, 3.8) is 0 Å². The molecule has 0 amide bonds. The number of fused-ring (bicyclic) bond motifs is 10. The third-order valence-corrected chi connectivity index (χ3v) is 11.4. The van der Waals surface area contributed by atoms with Crippen LogP contribution in [0.4, 0.5) is 17.1 Å². The Labute approximate surface area is 317 Å². The van der Waals surface area contributed by atoms with Gasteiger partial charge in [-0.1, -0.05) is 121 Å². The maximum absolute atomic E-state index is 6.62. The third kappa shape index (κ3) is 4.60. The summed E-state index contributed by atoms with van der Waals surface area (Å²) in [4.78, 5) is 13.1. The summed E-state index contributed by atoms with van der Waals surface area (Å²) in [5.41, 5.74) is 13.0. The van der Waals surface area contributed by atoms with Crippen LogP contribution in [0.3, 0.4) is 0 Å². The zero-order valence-corrected chi connectivity index (χ0v) is 29.6. The number of rotatable bonds is 3. The van der Waals surface area contributed by atoms with Crippen LogP contribution in [0.15, 0.2) is 170 Å². The molecule has 9 aromatic rings. The predicted molar refractivity (Wildman–Crippen MR) is 220 cm³/mol. The number of ether oxygens (including phenoxy) is 2. The molecule has 2 aliphatic heterocycles. The minimum atomic E-state index is -0.0392. The summed E-state index contributed by atoms with van der Waals surface area (Å²) in [5, 5.41) is 3.37. The lowest BCUT2D eigenvalue weighted by Crippen LogP contribution is -2.20. The maximum atomic E-state index is 6.62. The highest BCUT2D eigenvalue weighted by Crippen LogP contribution is 2.60. The van der Waals surface area contributed by atoms with E-state index in [-0.39, 0.29) is 5.92 Å². The van der Waals surface area contributed by atoms with Gasteiger partial charge in [0.2, 0.25) is 0 Å². The van der Waals surface area contributed by atoms with E-state index >= 15 is 0 Å². The van der Waals surface area contributed by atoms with Gasteiger partial charge in [0.1, 0.15) is 11.5 Å². The fourth-order valence-corrected chi connectivity index (χ4v) is 8.84. The number of benzene rings is 8. The molecule has 5 heteroatoms. The van der Waals surface area contributed by atoms with E-state index in [1.54, 1.807) is 0 Å². The van der Waals surface area contributed by atoms with Gasteiger partial charge in [-0.3, -0.25) is 4.90 Å². The highest BCUT2D eigenvalue weighted by molar-refractivity contribution is 6.09. The van der Waals surface area contributed by atoms with Gasteiger partial charge in [-0.15, -0.1) is 0 Å². The van der Waals surface area contributed by atoms with E-state index in [2.05, 4.69) is 138 Å². The number of para-hydroxylation sites is 4. The van der Waals surface area contributed by atoms with Crippen LogP contribution in [-0.4, -0.2) is 9.97 Å². The van der Waals surface area contributed by atoms with Crippen molar-refractivity contribution in [1.82, 2.24) is 9.97 Å². The first kappa shape index (κ1) is 30.2. The fourth-order valence-electron chi connectivity index (χ4n) is 8.84. The SMILES string of the molecule is c1ccc(-c2nc(C3Cc4ccccc4-c4cc(-c5cc6c7c(c5)Oc5ccccc5N7c5ccccc5O6)ccc43)nc3c2ccc2ccccc23)cc1. The van der Waals surface area contributed by atoms with Crippen LogP contribution in [-0.2, 0) is 6.42 Å². The van der Waals surface area contributed by atoms with Gasteiger partial charge in [0.25, 0.3) is 0 Å². The second-order valence-corrected chi connectivity index (χ2v) is 14.5. The average Bonchev–Trinajstić information content (AvgIpc) is 3.25. The minimum absolute atomic E-state index is 0.0392. The Balaban J connectivity index is 1.04. The van der Waals surface area contributed by atoms with Gasteiger partial charge >= 0.3 is 0 Å². The first-order chi connectivity index (χ1) is 27.2. The van der Waals surface area contributed by atoms with E-state index in [0.29, 0.717) is 0 Å². The summed E-state index contributed by atoms with van der Waals surface area (Å²) in [5.74, 6) is 3.96. The summed E-state index contributed by atoms with van der Waals surface area (Å²) >= 11 is 0. The topological polar surface area (TPSA) is 47.5 Å². The van der Waals surface area contributed by atoms with Crippen molar-refractivity contribution in [2.45, 2.75) is 12.3 Å². The lowest BCUT2D eigenvalue weighted by Gasteiger charge is -2.38. The Hall–Kier alpha value is -7.24. The molecular formula is C50H31N3O2. The van der Waals surface area contributed by atoms with E-state index < -0.39 is 0 Å². The first-order valence-corrected chi connectivity index (χ1v) is 18.7. The Morgan fingerprint density at radius 1 is 0.491 bits per heavy atom. The molecular weight excluding hydrogens is 675 g/mol. The number of aromatic nitrogens is 2. The Morgan fingerprint density at radius 2 is 1.18 bits per heavy atom. The molecule has 3 aliphatic rings. The molecule has 1 aliphatic carbocycles. The maximum Gasteiger partial charge on any atom is 0.156 e. The monoisotopic (exact) mass is 705 g/mol.